The molecule has 0 spiro atoms. The quantitative estimate of drug-likeness (QED) is 0.717. The van der Waals surface area contributed by atoms with E-state index in [0.29, 0.717) is 24.8 Å². The van der Waals surface area contributed by atoms with Crippen molar-refractivity contribution in [1.82, 2.24) is 19.7 Å². The molecule has 1 saturated heterocycles. The molecule has 7 nitrogen and oxygen atoms in total. The second-order valence-electron chi connectivity index (χ2n) is 6.59. The highest BCUT2D eigenvalue weighted by Crippen LogP contribution is 2.35. The topological polar surface area (TPSA) is 71.3 Å². The zero-order valence-corrected chi connectivity index (χ0v) is 15.4. The fourth-order valence-corrected chi connectivity index (χ4v) is 3.40. The molecule has 136 valence electrons. The molecule has 1 unspecified atom stereocenters. The van der Waals surface area contributed by atoms with Crippen molar-refractivity contribution in [2.45, 2.75) is 25.9 Å². The van der Waals surface area contributed by atoms with Gasteiger partial charge in [0.2, 0.25) is 0 Å². The van der Waals surface area contributed by atoms with Gasteiger partial charge < -0.3 is 14.2 Å². The van der Waals surface area contributed by atoms with E-state index in [4.69, 9.17) is 19.2 Å². The van der Waals surface area contributed by atoms with Crippen molar-refractivity contribution in [3.63, 3.8) is 0 Å². The Morgan fingerprint density at radius 1 is 1.19 bits per heavy atom. The molecule has 0 N–H and O–H groups in total. The Morgan fingerprint density at radius 3 is 2.73 bits per heavy atom. The minimum Gasteiger partial charge on any atom is -0.497 e. The van der Waals surface area contributed by atoms with Crippen LogP contribution in [0.1, 0.15) is 23.5 Å². The maximum atomic E-state index is 5.80. The maximum Gasteiger partial charge on any atom is 0.158 e. The molecule has 0 bridgehead atoms. The van der Waals surface area contributed by atoms with Gasteiger partial charge in [0, 0.05) is 49.5 Å². The number of fused-ring (bicyclic) bond motifs is 1. The molecule has 1 atom stereocenters. The number of hydrogen-bond donors (Lipinski definition) is 0. The minimum absolute atomic E-state index is 0.477. The van der Waals surface area contributed by atoms with Crippen LogP contribution in [0.5, 0.6) is 5.75 Å². The number of rotatable bonds is 4. The first-order chi connectivity index (χ1) is 12.6. The third kappa shape index (κ3) is 2.64. The molecule has 3 aromatic rings. The van der Waals surface area contributed by atoms with Crippen LogP contribution in [-0.4, -0.2) is 47.2 Å². The molecule has 1 aliphatic heterocycles. The second kappa shape index (κ2) is 6.34. The van der Waals surface area contributed by atoms with Gasteiger partial charge in [-0.25, -0.2) is 9.67 Å². The summed E-state index contributed by atoms with van der Waals surface area (Å²) in [6.45, 7) is 5.06. The lowest BCUT2D eigenvalue weighted by molar-refractivity contribution is -0.0247. The van der Waals surface area contributed by atoms with Gasteiger partial charge in [-0.1, -0.05) is 0 Å². The van der Waals surface area contributed by atoms with Crippen LogP contribution in [0, 0.1) is 13.8 Å². The molecule has 7 heteroatoms. The molecule has 0 aliphatic carbocycles. The first-order valence-electron chi connectivity index (χ1n) is 8.58. The predicted molar refractivity (Wildman–Crippen MR) is 96.8 cm³/mol. The van der Waals surface area contributed by atoms with Crippen LogP contribution in [-0.2, 0) is 15.1 Å². The highest BCUT2D eigenvalue weighted by molar-refractivity contribution is 5.82. The highest BCUT2D eigenvalue weighted by atomic mass is 16.5. The molecule has 4 heterocycles. The van der Waals surface area contributed by atoms with Crippen molar-refractivity contribution in [2.24, 2.45) is 0 Å². The maximum absolute atomic E-state index is 5.80. The van der Waals surface area contributed by atoms with Crippen LogP contribution in [0.3, 0.4) is 0 Å². The Bertz CT molecular complexity index is 961. The van der Waals surface area contributed by atoms with Gasteiger partial charge in [0.15, 0.2) is 5.82 Å². The first kappa shape index (κ1) is 16.9. The van der Waals surface area contributed by atoms with Gasteiger partial charge in [0.25, 0.3) is 0 Å². The molecule has 26 heavy (non-hydrogen) atoms. The van der Waals surface area contributed by atoms with E-state index in [2.05, 4.69) is 10.1 Å². The summed E-state index contributed by atoms with van der Waals surface area (Å²) in [5.41, 5.74) is 3.04. The summed E-state index contributed by atoms with van der Waals surface area (Å²) >= 11 is 0. The van der Waals surface area contributed by atoms with E-state index < -0.39 is 5.60 Å². The lowest BCUT2D eigenvalue weighted by atomic mass is 9.97. The molecular formula is C19H22N4O3. The molecule has 0 amide bonds. The standard InChI is InChI=1S/C19H22N4O3/c1-12-7-16-15(10-20-12)13(2)22-23(16)18-9-14(24-3)8-17(21-18)19(25-4)5-6-26-11-19/h7-10H,5-6,11H2,1-4H3. The Labute approximate surface area is 151 Å². The van der Waals surface area contributed by atoms with E-state index >= 15 is 0 Å². The number of nitrogens with zero attached hydrogens (tertiary/aromatic N) is 4. The molecule has 1 aliphatic rings. The minimum atomic E-state index is -0.557. The van der Waals surface area contributed by atoms with Gasteiger partial charge in [0.1, 0.15) is 11.4 Å². The SMILES string of the molecule is COc1cc(-n2nc(C)c3cnc(C)cc32)nc(C2(OC)CCOC2)c1. The van der Waals surface area contributed by atoms with Crippen LogP contribution in [0.15, 0.2) is 24.4 Å². The van der Waals surface area contributed by atoms with E-state index in [1.54, 1.807) is 14.2 Å². The van der Waals surface area contributed by atoms with Crippen molar-refractivity contribution in [3.05, 3.63) is 41.5 Å². The Kier molecular flexibility index (Phi) is 4.13. The molecule has 4 rings (SSSR count). The number of aromatic nitrogens is 4. The average molecular weight is 354 g/mol. The monoisotopic (exact) mass is 354 g/mol. The lowest BCUT2D eigenvalue weighted by Gasteiger charge is -2.26. The molecule has 1 fully saturated rings. The van der Waals surface area contributed by atoms with Crippen molar-refractivity contribution in [2.75, 3.05) is 27.4 Å². The summed E-state index contributed by atoms with van der Waals surface area (Å²) in [6, 6.07) is 5.80. The van der Waals surface area contributed by atoms with Gasteiger partial charge in [-0.15, -0.1) is 0 Å². The number of hydrogen-bond acceptors (Lipinski definition) is 6. The van der Waals surface area contributed by atoms with Crippen LogP contribution < -0.4 is 4.74 Å². The van der Waals surface area contributed by atoms with Crippen molar-refractivity contribution in [1.29, 1.82) is 0 Å². The number of pyridine rings is 2. The zero-order chi connectivity index (χ0) is 18.3. The molecule has 0 saturated carbocycles. The van der Waals surface area contributed by atoms with E-state index in [-0.39, 0.29) is 0 Å². The van der Waals surface area contributed by atoms with Crippen LogP contribution in [0.2, 0.25) is 0 Å². The number of ether oxygens (including phenoxy) is 3. The van der Waals surface area contributed by atoms with Gasteiger partial charge in [-0.3, -0.25) is 4.98 Å². The fraction of sp³-hybridized carbons (Fsp3) is 0.421. The van der Waals surface area contributed by atoms with Crippen molar-refractivity contribution in [3.8, 4) is 11.6 Å². The van der Waals surface area contributed by atoms with Crippen LogP contribution in [0.25, 0.3) is 16.7 Å². The van der Waals surface area contributed by atoms with Gasteiger partial charge in [-0.05, 0) is 19.9 Å². The first-order valence-corrected chi connectivity index (χ1v) is 8.58. The summed E-state index contributed by atoms with van der Waals surface area (Å²) in [5, 5.41) is 5.69. The van der Waals surface area contributed by atoms with E-state index in [1.165, 1.54) is 0 Å². The van der Waals surface area contributed by atoms with Gasteiger partial charge in [0.05, 0.1) is 30.6 Å². The normalized spacial score (nSPS) is 20.0. The van der Waals surface area contributed by atoms with E-state index in [0.717, 1.165) is 34.4 Å². The van der Waals surface area contributed by atoms with E-state index in [1.807, 2.05) is 42.9 Å². The van der Waals surface area contributed by atoms with Crippen molar-refractivity contribution >= 4 is 10.9 Å². The van der Waals surface area contributed by atoms with Crippen LogP contribution in [0.4, 0.5) is 0 Å². The van der Waals surface area contributed by atoms with Gasteiger partial charge >= 0.3 is 0 Å². The average Bonchev–Trinajstić information content (AvgIpc) is 3.27. The van der Waals surface area contributed by atoms with Crippen molar-refractivity contribution < 1.29 is 14.2 Å². The molecule has 0 aromatic carbocycles. The number of aryl methyl sites for hydroxylation is 2. The van der Waals surface area contributed by atoms with Crippen LogP contribution >= 0.6 is 0 Å². The smallest absolute Gasteiger partial charge is 0.158 e. The second-order valence-corrected chi connectivity index (χ2v) is 6.59. The summed E-state index contributed by atoms with van der Waals surface area (Å²) in [5.74, 6) is 1.40. The summed E-state index contributed by atoms with van der Waals surface area (Å²) in [6.07, 6.45) is 2.61. The fourth-order valence-electron chi connectivity index (χ4n) is 3.40. The Balaban J connectivity index is 1.92. The summed E-state index contributed by atoms with van der Waals surface area (Å²) in [7, 11) is 3.34. The Hall–Kier alpha value is -2.51. The predicted octanol–water partition coefficient (Wildman–Crippen LogP) is 2.70. The highest BCUT2D eigenvalue weighted by Gasteiger charge is 2.39. The van der Waals surface area contributed by atoms with Gasteiger partial charge in [-0.2, -0.15) is 5.10 Å². The zero-order valence-electron chi connectivity index (χ0n) is 15.4. The molecule has 3 aromatic heterocycles. The third-order valence-corrected chi connectivity index (χ3v) is 4.97. The third-order valence-electron chi connectivity index (χ3n) is 4.97. The summed E-state index contributed by atoms with van der Waals surface area (Å²) in [4.78, 5) is 9.24. The molecule has 0 radical (unpaired) electrons. The molecular weight excluding hydrogens is 332 g/mol. The number of methoxy groups -OCH3 is 2. The lowest BCUT2D eigenvalue weighted by Crippen LogP contribution is -2.30. The summed E-state index contributed by atoms with van der Waals surface area (Å²) < 4.78 is 18.7. The Morgan fingerprint density at radius 2 is 2.04 bits per heavy atom. The largest absolute Gasteiger partial charge is 0.497 e. The van der Waals surface area contributed by atoms with E-state index in [9.17, 15) is 0 Å².